The standard InChI is InChI=1S/C26H31N5O2/c1-4-5-6-7-14-33-21-10-8-19(9-11-21)23-15-22(20-12-13-31(16-20)18(2)3)24(26(32)29-23)25-27-17-28-30-25/h8-13,15-18H,4-7,14H2,1-3H3,(H,29,32)(H,27,28,30). The fraction of sp³-hybridized carbons (Fsp3) is 0.346. The minimum atomic E-state index is -0.215. The summed E-state index contributed by atoms with van der Waals surface area (Å²) in [6.07, 6.45) is 10.3. The Bertz CT molecular complexity index is 1220. The van der Waals surface area contributed by atoms with Crippen LogP contribution in [0.2, 0.25) is 0 Å². The van der Waals surface area contributed by atoms with Crippen molar-refractivity contribution in [2.45, 2.75) is 52.5 Å². The monoisotopic (exact) mass is 445 g/mol. The number of nitrogens with zero attached hydrogens (tertiary/aromatic N) is 3. The first-order chi connectivity index (χ1) is 16.1. The Morgan fingerprint density at radius 3 is 2.55 bits per heavy atom. The largest absolute Gasteiger partial charge is 0.494 e. The van der Waals surface area contributed by atoms with E-state index in [0.717, 1.165) is 41.2 Å². The summed E-state index contributed by atoms with van der Waals surface area (Å²) in [5.74, 6) is 1.28. The van der Waals surface area contributed by atoms with E-state index in [4.69, 9.17) is 4.74 Å². The zero-order valence-corrected chi connectivity index (χ0v) is 19.5. The second-order valence-corrected chi connectivity index (χ2v) is 8.51. The summed E-state index contributed by atoms with van der Waals surface area (Å²) in [5.41, 5.74) is 3.68. The van der Waals surface area contributed by atoms with Gasteiger partial charge in [0.15, 0.2) is 5.82 Å². The number of benzene rings is 1. The van der Waals surface area contributed by atoms with E-state index >= 15 is 0 Å². The molecule has 172 valence electrons. The maximum atomic E-state index is 13.2. The first-order valence-electron chi connectivity index (χ1n) is 11.6. The average Bonchev–Trinajstić information content (AvgIpc) is 3.51. The van der Waals surface area contributed by atoms with Crippen LogP contribution in [-0.2, 0) is 0 Å². The van der Waals surface area contributed by atoms with Crippen LogP contribution in [0.4, 0.5) is 0 Å². The van der Waals surface area contributed by atoms with Gasteiger partial charge in [0.1, 0.15) is 12.1 Å². The number of H-pyrrole nitrogens is 2. The molecule has 0 amide bonds. The molecule has 2 N–H and O–H groups in total. The topological polar surface area (TPSA) is 88.6 Å². The third-order valence-electron chi connectivity index (χ3n) is 5.74. The number of hydrogen-bond acceptors (Lipinski definition) is 4. The van der Waals surface area contributed by atoms with Crippen LogP contribution < -0.4 is 10.3 Å². The number of aromatic nitrogens is 5. The van der Waals surface area contributed by atoms with E-state index in [1.54, 1.807) is 0 Å². The van der Waals surface area contributed by atoms with Gasteiger partial charge in [0.25, 0.3) is 5.56 Å². The van der Waals surface area contributed by atoms with Gasteiger partial charge in [0.2, 0.25) is 0 Å². The number of aromatic amines is 2. The van der Waals surface area contributed by atoms with Crippen LogP contribution in [0.3, 0.4) is 0 Å². The average molecular weight is 446 g/mol. The number of ether oxygens (including phenoxy) is 1. The van der Waals surface area contributed by atoms with E-state index in [-0.39, 0.29) is 5.56 Å². The summed E-state index contributed by atoms with van der Waals surface area (Å²) in [7, 11) is 0. The molecule has 0 radical (unpaired) electrons. The van der Waals surface area contributed by atoms with Crippen molar-refractivity contribution in [1.29, 1.82) is 0 Å². The molecule has 0 saturated carbocycles. The van der Waals surface area contributed by atoms with Gasteiger partial charge in [0.05, 0.1) is 12.2 Å². The Labute approximate surface area is 193 Å². The second-order valence-electron chi connectivity index (χ2n) is 8.51. The Kier molecular flexibility index (Phi) is 7.07. The number of nitrogens with one attached hydrogen (secondary N) is 2. The van der Waals surface area contributed by atoms with Crippen LogP contribution in [0.1, 0.15) is 52.5 Å². The van der Waals surface area contributed by atoms with E-state index < -0.39 is 0 Å². The first kappa shape index (κ1) is 22.6. The van der Waals surface area contributed by atoms with Crippen molar-refractivity contribution < 1.29 is 4.74 Å². The maximum absolute atomic E-state index is 13.2. The van der Waals surface area contributed by atoms with Gasteiger partial charge in [-0.15, -0.1) is 10.2 Å². The summed E-state index contributed by atoms with van der Waals surface area (Å²) < 4.78 is 7.98. The molecule has 7 nitrogen and oxygen atoms in total. The fourth-order valence-corrected chi connectivity index (χ4v) is 3.85. The Morgan fingerprint density at radius 1 is 1.06 bits per heavy atom. The number of pyridine rings is 1. The molecule has 1 aromatic carbocycles. The second kappa shape index (κ2) is 10.3. The molecular formula is C26H31N5O2. The number of rotatable bonds is 10. The van der Waals surface area contributed by atoms with Gasteiger partial charge in [-0.05, 0) is 62.2 Å². The molecule has 0 saturated heterocycles. The van der Waals surface area contributed by atoms with Gasteiger partial charge in [0, 0.05) is 35.3 Å². The van der Waals surface area contributed by atoms with E-state index in [1.165, 1.54) is 25.6 Å². The predicted molar refractivity (Wildman–Crippen MR) is 131 cm³/mol. The summed E-state index contributed by atoms with van der Waals surface area (Å²) in [6, 6.07) is 12.2. The predicted octanol–water partition coefficient (Wildman–Crippen LogP) is 5.84. The third-order valence-corrected chi connectivity index (χ3v) is 5.74. The summed E-state index contributed by atoms with van der Waals surface area (Å²) in [5, 5.41) is 7.95. The molecule has 7 heteroatoms. The molecule has 3 heterocycles. The van der Waals surface area contributed by atoms with Gasteiger partial charge < -0.3 is 19.3 Å². The summed E-state index contributed by atoms with van der Waals surface area (Å²) >= 11 is 0. The molecule has 0 aliphatic rings. The van der Waals surface area contributed by atoms with Crippen LogP contribution in [0.15, 0.2) is 59.9 Å². The lowest BCUT2D eigenvalue weighted by atomic mass is 10.00. The van der Waals surface area contributed by atoms with Crippen molar-refractivity contribution in [3.8, 4) is 39.5 Å². The van der Waals surface area contributed by atoms with Crippen molar-refractivity contribution in [3.63, 3.8) is 0 Å². The minimum Gasteiger partial charge on any atom is -0.494 e. The van der Waals surface area contributed by atoms with Crippen LogP contribution in [0.5, 0.6) is 5.75 Å². The van der Waals surface area contributed by atoms with Gasteiger partial charge in [-0.3, -0.25) is 4.79 Å². The molecule has 0 atom stereocenters. The van der Waals surface area contributed by atoms with Crippen molar-refractivity contribution in [2.75, 3.05) is 6.61 Å². The van der Waals surface area contributed by atoms with Gasteiger partial charge in [-0.1, -0.05) is 26.2 Å². The minimum absolute atomic E-state index is 0.215. The smallest absolute Gasteiger partial charge is 0.260 e. The molecule has 33 heavy (non-hydrogen) atoms. The molecule has 0 spiro atoms. The first-order valence-corrected chi connectivity index (χ1v) is 11.6. The molecule has 0 aliphatic carbocycles. The van der Waals surface area contributed by atoms with Crippen molar-refractivity contribution >= 4 is 0 Å². The van der Waals surface area contributed by atoms with E-state index in [0.29, 0.717) is 17.4 Å². The Hall–Kier alpha value is -3.61. The molecule has 3 aromatic heterocycles. The Morgan fingerprint density at radius 2 is 1.88 bits per heavy atom. The quantitative estimate of drug-likeness (QED) is 0.300. The van der Waals surface area contributed by atoms with E-state index in [2.05, 4.69) is 51.7 Å². The summed E-state index contributed by atoms with van der Waals surface area (Å²) in [6.45, 7) is 7.17. The zero-order valence-electron chi connectivity index (χ0n) is 19.5. The molecule has 0 fully saturated rings. The third kappa shape index (κ3) is 5.25. The van der Waals surface area contributed by atoms with E-state index in [1.807, 2.05) is 42.6 Å². The Balaban J connectivity index is 1.66. The highest BCUT2D eigenvalue weighted by atomic mass is 16.5. The van der Waals surface area contributed by atoms with Crippen molar-refractivity contribution in [3.05, 3.63) is 65.5 Å². The highest BCUT2D eigenvalue weighted by molar-refractivity contribution is 5.82. The lowest BCUT2D eigenvalue weighted by molar-refractivity contribution is 0.305. The fourth-order valence-electron chi connectivity index (χ4n) is 3.85. The molecule has 4 aromatic rings. The number of hydrogen-bond donors (Lipinski definition) is 2. The molecule has 0 unspecified atom stereocenters. The summed E-state index contributed by atoms with van der Waals surface area (Å²) in [4.78, 5) is 19.1. The van der Waals surface area contributed by atoms with Crippen LogP contribution >= 0.6 is 0 Å². The van der Waals surface area contributed by atoms with Gasteiger partial charge in [-0.2, -0.15) is 0 Å². The highest BCUT2D eigenvalue weighted by Crippen LogP contribution is 2.32. The lowest BCUT2D eigenvalue weighted by Gasteiger charge is -2.11. The maximum Gasteiger partial charge on any atom is 0.260 e. The van der Waals surface area contributed by atoms with Gasteiger partial charge in [-0.25, -0.2) is 0 Å². The van der Waals surface area contributed by atoms with Crippen LogP contribution in [0, 0.1) is 0 Å². The highest BCUT2D eigenvalue weighted by Gasteiger charge is 2.18. The van der Waals surface area contributed by atoms with Crippen LogP contribution in [0.25, 0.3) is 33.8 Å². The number of unbranched alkanes of at least 4 members (excludes halogenated alkanes) is 3. The normalized spacial score (nSPS) is 11.3. The molecule has 0 bridgehead atoms. The SMILES string of the molecule is CCCCCCOc1ccc(-c2cc(-c3ccn(C(C)C)c3)c(-c3nnc[nH]3)c(=O)[nH]2)cc1. The molecular weight excluding hydrogens is 414 g/mol. The van der Waals surface area contributed by atoms with E-state index in [9.17, 15) is 4.79 Å². The molecule has 4 rings (SSSR count). The molecule has 0 aliphatic heterocycles. The van der Waals surface area contributed by atoms with Crippen LogP contribution in [-0.4, -0.2) is 31.3 Å². The zero-order chi connectivity index (χ0) is 23.2. The van der Waals surface area contributed by atoms with Crippen molar-refractivity contribution in [1.82, 2.24) is 24.7 Å². The lowest BCUT2D eigenvalue weighted by Crippen LogP contribution is -2.12. The van der Waals surface area contributed by atoms with Gasteiger partial charge >= 0.3 is 0 Å². The van der Waals surface area contributed by atoms with Crippen molar-refractivity contribution in [2.24, 2.45) is 0 Å².